The van der Waals surface area contributed by atoms with E-state index in [4.69, 9.17) is 9.47 Å². The van der Waals surface area contributed by atoms with Crippen molar-refractivity contribution in [1.29, 1.82) is 0 Å². The first-order valence-corrected chi connectivity index (χ1v) is 8.85. The number of benzene rings is 1. The highest BCUT2D eigenvalue weighted by molar-refractivity contribution is 5.68. The van der Waals surface area contributed by atoms with Crippen LogP contribution in [0, 0.1) is 0 Å². The number of carbonyl (C=O) groups excluding carboxylic acids is 1. The smallest absolute Gasteiger partial charge is 0.407 e. The molecule has 0 unspecified atom stereocenters. The predicted octanol–water partition coefficient (Wildman–Crippen LogP) is 4.86. The third kappa shape index (κ3) is 8.40. The summed E-state index contributed by atoms with van der Waals surface area (Å²) in [5.74, 6) is 1.35. The van der Waals surface area contributed by atoms with Crippen LogP contribution in [-0.4, -0.2) is 34.8 Å². The van der Waals surface area contributed by atoms with Gasteiger partial charge in [0.1, 0.15) is 23.8 Å². The lowest BCUT2D eigenvalue weighted by atomic mass is 10.2. The van der Waals surface area contributed by atoms with Gasteiger partial charge >= 0.3 is 6.09 Å². The van der Waals surface area contributed by atoms with Crippen LogP contribution in [0.4, 0.5) is 9.18 Å². The summed E-state index contributed by atoms with van der Waals surface area (Å²) < 4.78 is 23.6. The van der Waals surface area contributed by atoms with Gasteiger partial charge < -0.3 is 19.8 Å². The van der Waals surface area contributed by atoms with Crippen molar-refractivity contribution in [3.63, 3.8) is 0 Å². The van der Waals surface area contributed by atoms with Crippen LogP contribution in [-0.2, 0) is 4.74 Å². The molecule has 2 aromatic rings. The topological polar surface area (TPSA) is 76.2 Å². The number of carbonyl (C=O) groups is 1. The van der Waals surface area contributed by atoms with Gasteiger partial charge in [-0.25, -0.2) is 14.2 Å². The Balaban J connectivity index is 0.00000176. The highest BCUT2D eigenvalue weighted by atomic mass is 19.1. The zero-order valence-electron chi connectivity index (χ0n) is 16.5. The minimum atomic E-state index is -0.602. The van der Waals surface area contributed by atoms with E-state index in [0.29, 0.717) is 17.7 Å². The SMILES string of the molecule is CC.CC(C)(C)OC(=O)NC/C(=C/F)COc1ccc(-c2ncc[nH]2)cc1. The minimum Gasteiger partial charge on any atom is -0.489 e. The number of amides is 1. The van der Waals surface area contributed by atoms with Gasteiger partial charge in [-0.15, -0.1) is 0 Å². The summed E-state index contributed by atoms with van der Waals surface area (Å²) in [7, 11) is 0. The average molecular weight is 377 g/mol. The largest absolute Gasteiger partial charge is 0.489 e. The Morgan fingerprint density at radius 1 is 1.26 bits per heavy atom. The molecular formula is C20H28FN3O3. The number of rotatable bonds is 6. The number of nitrogens with zero attached hydrogens (tertiary/aromatic N) is 1. The Kier molecular flexibility index (Phi) is 9.05. The lowest BCUT2D eigenvalue weighted by molar-refractivity contribution is 0.0531. The number of halogens is 1. The van der Waals surface area contributed by atoms with E-state index in [1.54, 1.807) is 45.3 Å². The maximum atomic E-state index is 13.0. The van der Waals surface area contributed by atoms with Crippen molar-refractivity contribution in [2.45, 2.75) is 40.2 Å². The van der Waals surface area contributed by atoms with Crippen LogP contribution in [0.25, 0.3) is 11.4 Å². The quantitative estimate of drug-likeness (QED) is 0.754. The molecule has 1 aromatic heterocycles. The molecule has 2 rings (SSSR count). The normalized spacial score (nSPS) is 11.3. The van der Waals surface area contributed by atoms with E-state index in [1.165, 1.54) is 0 Å². The molecule has 0 atom stereocenters. The molecule has 0 saturated carbocycles. The predicted molar refractivity (Wildman–Crippen MR) is 104 cm³/mol. The van der Waals surface area contributed by atoms with E-state index >= 15 is 0 Å². The van der Waals surface area contributed by atoms with Crippen molar-refractivity contribution < 1.29 is 18.7 Å². The van der Waals surface area contributed by atoms with E-state index in [1.807, 2.05) is 26.0 Å². The summed E-state index contributed by atoms with van der Waals surface area (Å²) >= 11 is 0. The van der Waals surface area contributed by atoms with Crippen molar-refractivity contribution in [2.24, 2.45) is 0 Å². The summed E-state index contributed by atoms with van der Waals surface area (Å²) in [5, 5.41) is 2.49. The van der Waals surface area contributed by atoms with Crippen LogP contribution >= 0.6 is 0 Å². The maximum Gasteiger partial charge on any atom is 0.407 e. The maximum absolute atomic E-state index is 13.0. The Morgan fingerprint density at radius 3 is 2.44 bits per heavy atom. The van der Waals surface area contributed by atoms with E-state index in [0.717, 1.165) is 11.4 Å². The van der Waals surface area contributed by atoms with Gasteiger partial charge in [0.25, 0.3) is 0 Å². The molecule has 6 nitrogen and oxygen atoms in total. The first-order chi connectivity index (χ1) is 12.9. The third-order valence-electron chi connectivity index (χ3n) is 3.06. The Hall–Kier alpha value is -2.83. The summed E-state index contributed by atoms with van der Waals surface area (Å²) in [6, 6.07) is 7.25. The second-order valence-electron chi connectivity index (χ2n) is 6.37. The first kappa shape index (κ1) is 22.2. The van der Waals surface area contributed by atoms with Crippen LogP contribution in [0.15, 0.2) is 48.6 Å². The molecule has 0 radical (unpaired) electrons. The molecule has 148 valence electrons. The number of hydrogen-bond donors (Lipinski definition) is 2. The molecule has 0 aliphatic heterocycles. The van der Waals surface area contributed by atoms with Crippen molar-refractivity contribution in [3.05, 3.63) is 48.6 Å². The van der Waals surface area contributed by atoms with Crippen molar-refractivity contribution in [2.75, 3.05) is 13.2 Å². The highest BCUT2D eigenvalue weighted by Crippen LogP contribution is 2.19. The Labute approximate surface area is 159 Å². The third-order valence-corrected chi connectivity index (χ3v) is 3.06. The molecule has 7 heteroatoms. The fraction of sp³-hybridized carbons (Fsp3) is 0.400. The average Bonchev–Trinajstić information content (AvgIpc) is 3.17. The molecule has 1 amide bonds. The Bertz CT molecular complexity index is 705. The van der Waals surface area contributed by atoms with E-state index < -0.39 is 11.7 Å². The van der Waals surface area contributed by atoms with Crippen LogP contribution in [0.5, 0.6) is 5.75 Å². The van der Waals surface area contributed by atoms with Crippen LogP contribution in [0.3, 0.4) is 0 Å². The van der Waals surface area contributed by atoms with Gasteiger partial charge in [0, 0.05) is 30.1 Å². The number of hydrogen-bond acceptors (Lipinski definition) is 4. The highest BCUT2D eigenvalue weighted by Gasteiger charge is 2.16. The molecule has 2 N–H and O–H groups in total. The fourth-order valence-electron chi connectivity index (χ4n) is 1.93. The lowest BCUT2D eigenvalue weighted by Gasteiger charge is -2.20. The van der Waals surface area contributed by atoms with E-state index in [-0.39, 0.29) is 13.2 Å². The zero-order valence-corrected chi connectivity index (χ0v) is 16.5. The second-order valence-corrected chi connectivity index (χ2v) is 6.37. The number of ether oxygens (including phenoxy) is 2. The van der Waals surface area contributed by atoms with Crippen molar-refractivity contribution in [1.82, 2.24) is 15.3 Å². The molecule has 1 aromatic carbocycles. The monoisotopic (exact) mass is 377 g/mol. The van der Waals surface area contributed by atoms with E-state index in [2.05, 4.69) is 15.3 Å². The molecule has 0 bridgehead atoms. The van der Waals surface area contributed by atoms with Gasteiger partial charge in [-0.2, -0.15) is 0 Å². The van der Waals surface area contributed by atoms with Gasteiger partial charge in [-0.05, 0) is 45.0 Å². The fourth-order valence-corrected chi connectivity index (χ4v) is 1.93. The molecule has 1 heterocycles. The molecule has 0 aliphatic carbocycles. The summed E-state index contributed by atoms with van der Waals surface area (Å²) in [6.07, 6.45) is 3.25. The molecule has 0 aliphatic rings. The number of H-pyrrole nitrogens is 1. The lowest BCUT2D eigenvalue weighted by Crippen LogP contribution is -2.34. The second kappa shape index (κ2) is 11.0. The minimum absolute atomic E-state index is 0.00981. The van der Waals surface area contributed by atoms with Gasteiger partial charge in [-0.3, -0.25) is 0 Å². The van der Waals surface area contributed by atoms with Crippen molar-refractivity contribution >= 4 is 6.09 Å². The molecule has 27 heavy (non-hydrogen) atoms. The number of imidazole rings is 1. The Morgan fingerprint density at radius 2 is 1.93 bits per heavy atom. The number of aromatic amines is 1. The molecule has 0 fully saturated rings. The van der Waals surface area contributed by atoms with E-state index in [9.17, 15) is 9.18 Å². The summed E-state index contributed by atoms with van der Waals surface area (Å²) in [6.45, 7) is 9.30. The number of nitrogens with one attached hydrogen (secondary N) is 2. The van der Waals surface area contributed by atoms with Gasteiger partial charge in [-0.1, -0.05) is 13.8 Å². The number of alkyl carbamates (subject to hydrolysis) is 1. The zero-order chi connectivity index (χ0) is 20.3. The van der Waals surface area contributed by atoms with Crippen LogP contribution in [0.1, 0.15) is 34.6 Å². The number of aromatic nitrogens is 2. The molecular weight excluding hydrogens is 349 g/mol. The summed E-state index contributed by atoms with van der Waals surface area (Å²) in [5.41, 5.74) is 0.613. The van der Waals surface area contributed by atoms with Crippen molar-refractivity contribution in [3.8, 4) is 17.1 Å². The first-order valence-electron chi connectivity index (χ1n) is 8.85. The molecule has 0 saturated heterocycles. The van der Waals surface area contributed by atoms with Gasteiger partial charge in [0.05, 0.1) is 6.33 Å². The van der Waals surface area contributed by atoms with Crippen LogP contribution < -0.4 is 10.1 Å². The van der Waals surface area contributed by atoms with Gasteiger partial charge in [0.2, 0.25) is 0 Å². The summed E-state index contributed by atoms with van der Waals surface area (Å²) in [4.78, 5) is 18.7. The van der Waals surface area contributed by atoms with Crippen LogP contribution in [0.2, 0.25) is 0 Å². The standard InChI is InChI=1S/C18H22FN3O3.C2H6/c1-18(2,3)25-17(23)22-11-13(10-19)12-24-15-6-4-14(5-7-15)16-20-8-9-21-16;1-2/h4-10H,11-12H2,1-3H3,(H,20,21)(H,22,23);1-2H3/b13-10-;. The van der Waals surface area contributed by atoms with Gasteiger partial charge in [0.15, 0.2) is 0 Å². The molecule has 0 spiro atoms.